The molecule has 0 fully saturated rings. The Kier molecular flexibility index (Phi) is 7.41. The summed E-state index contributed by atoms with van der Waals surface area (Å²) in [7, 11) is 1.74. The monoisotopic (exact) mass is 334 g/mol. The molecule has 5 heteroatoms. The normalized spacial score (nSPS) is 15.0. The van der Waals surface area contributed by atoms with Crippen LogP contribution in [0, 0.1) is 0 Å². The Morgan fingerprint density at radius 1 is 1.56 bits per heavy atom. The molecule has 0 saturated carbocycles. The molecule has 1 aromatic heterocycles. The zero-order valence-corrected chi connectivity index (χ0v) is 13.8. The molecule has 3 nitrogen and oxygen atoms in total. The van der Waals surface area contributed by atoms with Gasteiger partial charge in [0.2, 0.25) is 0 Å². The van der Waals surface area contributed by atoms with Crippen LogP contribution < -0.4 is 5.73 Å². The van der Waals surface area contributed by atoms with Crippen LogP contribution in [0.1, 0.15) is 31.2 Å². The lowest BCUT2D eigenvalue weighted by Gasteiger charge is -2.35. The van der Waals surface area contributed by atoms with E-state index in [2.05, 4.69) is 46.1 Å². The molecule has 1 rings (SSSR count). The molecule has 0 aromatic carbocycles. The van der Waals surface area contributed by atoms with Gasteiger partial charge in [-0.3, -0.25) is 4.90 Å². The molecule has 0 aliphatic carbocycles. The number of rotatable bonds is 8. The molecule has 0 bridgehead atoms. The maximum Gasteiger partial charge on any atom is 0.0590 e. The number of thiophene rings is 1. The molecular weight excluding hydrogens is 312 g/mol. The van der Waals surface area contributed by atoms with Crippen LogP contribution in [-0.4, -0.2) is 37.7 Å². The molecule has 0 aliphatic heterocycles. The van der Waals surface area contributed by atoms with Crippen LogP contribution in [0.15, 0.2) is 15.9 Å². The Morgan fingerprint density at radius 3 is 2.72 bits per heavy atom. The molecule has 0 saturated heterocycles. The van der Waals surface area contributed by atoms with Crippen LogP contribution in [0.3, 0.4) is 0 Å². The summed E-state index contributed by atoms with van der Waals surface area (Å²) in [4.78, 5) is 3.77. The van der Waals surface area contributed by atoms with Crippen molar-refractivity contribution in [2.45, 2.75) is 32.4 Å². The fraction of sp³-hybridized carbons (Fsp3) is 0.692. The van der Waals surface area contributed by atoms with Crippen molar-refractivity contribution in [1.82, 2.24) is 4.90 Å². The van der Waals surface area contributed by atoms with Crippen LogP contribution in [0.5, 0.6) is 0 Å². The number of methoxy groups -OCH3 is 1. The van der Waals surface area contributed by atoms with E-state index in [1.807, 2.05) is 0 Å². The maximum atomic E-state index is 5.99. The highest BCUT2D eigenvalue weighted by molar-refractivity contribution is 9.10. The van der Waals surface area contributed by atoms with Gasteiger partial charge in [-0.15, -0.1) is 11.3 Å². The summed E-state index contributed by atoms with van der Waals surface area (Å²) in [6, 6.07) is 2.96. The largest absolute Gasteiger partial charge is 0.383 e. The number of ether oxygens (including phenoxy) is 1. The van der Waals surface area contributed by atoms with Crippen LogP contribution >= 0.6 is 27.3 Å². The first-order valence-electron chi connectivity index (χ1n) is 6.32. The number of hydrogen-bond donors (Lipinski definition) is 1. The van der Waals surface area contributed by atoms with Crippen molar-refractivity contribution in [3.63, 3.8) is 0 Å². The minimum absolute atomic E-state index is 0.284. The Labute approximate surface area is 122 Å². The van der Waals surface area contributed by atoms with Crippen LogP contribution in [0.25, 0.3) is 0 Å². The number of nitrogens with zero attached hydrogens (tertiary/aromatic N) is 1. The highest BCUT2D eigenvalue weighted by Gasteiger charge is 2.24. The van der Waals surface area contributed by atoms with Gasteiger partial charge in [0.05, 0.1) is 12.6 Å². The summed E-state index contributed by atoms with van der Waals surface area (Å²) in [6.07, 6.45) is 1.12. The first kappa shape index (κ1) is 16.1. The third kappa shape index (κ3) is 4.31. The number of hydrogen-bond acceptors (Lipinski definition) is 4. The topological polar surface area (TPSA) is 38.5 Å². The first-order chi connectivity index (χ1) is 8.63. The van der Waals surface area contributed by atoms with E-state index in [0.29, 0.717) is 12.6 Å². The smallest absolute Gasteiger partial charge is 0.0590 e. The van der Waals surface area contributed by atoms with E-state index < -0.39 is 0 Å². The Bertz CT molecular complexity index is 345. The van der Waals surface area contributed by atoms with Gasteiger partial charge in [-0.1, -0.05) is 6.92 Å². The van der Waals surface area contributed by atoms with Crippen molar-refractivity contribution >= 4 is 27.3 Å². The molecule has 2 N–H and O–H groups in total. The van der Waals surface area contributed by atoms with Crippen molar-refractivity contribution < 1.29 is 4.74 Å². The average molecular weight is 335 g/mol. The van der Waals surface area contributed by atoms with Crippen molar-refractivity contribution in [1.29, 1.82) is 0 Å². The van der Waals surface area contributed by atoms with E-state index in [0.717, 1.165) is 24.0 Å². The minimum Gasteiger partial charge on any atom is -0.383 e. The minimum atomic E-state index is 0.284. The van der Waals surface area contributed by atoms with Gasteiger partial charge in [0, 0.05) is 41.0 Å². The average Bonchev–Trinajstić information content (AvgIpc) is 2.80. The van der Waals surface area contributed by atoms with Crippen molar-refractivity contribution in [2.75, 3.05) is 26.8 Å². The zero-order valence-electron chi connectivity index (χ0n) is 11.4. The Balaban J connectivity index is 2.85. The second-order valence-electron chi connectivity index (χ2n) is 4.41. The van der Waals surface area contributed by atoms with E-state index in [1.54, 1.807) is 18.4 Å². The third-order valence-electron chi connectivity index (χ3n) is 3.25. The summed E-state index contributed by atoms with van der Waals surface area (Å²) >= 11 is 5.27. The van der Waals surface area contributed by atoms with Crippen LogP contribution in [0.2, 0.25) is 0 Å². The summed E-state index contributed by atoms with van der Waals surface area (Å²) in [5.74, 6) is 0. The van der Waals surface area contributed by atoms with Crippen LogP contribution in [0.4, 0.5) is 0 Å². The molecule has 1 heterocycles. The summed E-state index contributed by atoms with van der Waals surface area (Å²) in [5.41, 5.74) is 5.99. The molecule has 0 radical (unpaired) electrons. The molecular formula is C13H23BrN2OS. The Morgan fingerprint density at radius 2 is 2.28 bits per heavy atom. The van der Waals surface area contributed by atoms with Gasteiger partial charge in [0.1, 0.15) is 0 Å². The van der Waals surface area contributed by atoms with E-state index in [1.165, 1.54) is 4.88 Å². The van der Waals surface area contributed by atoms with Crippen molar-refractivity contribution in [2.24, 2.45) is 5.73 Å². The molecule has 1 aromatic rings. The van der Waals surface area contributed by atoms with E-state index in [4.69, 9.17) is 10.5 Å². The van der Waals surface area contributed by atoms with Gasteiger partial charge in [-0.25, -0.2) is 0 Å². The first-order valence-corrected chi connectivity index (χ1v) is 7.99. The molecule has 0 aliphatic rings. The lowest BCUT2D eigenvalue weighted by molar-refractivity contribution is 0.0915. The molecule has 2 unspecified atom stereocenters. The fourth-order valence-corrected chi connectivity index (χ4v) is 3.61. The molecule has 2 atom stereocenters. The standard InChI is InChI=1S/C13H23BrN2OS/c1-4-10(2)16(5-6-17-3)12(8-15)13-7-11(14)9-18-13/h7,9-10,12H,4-6,8,15H2,1-3H3. The SMILES string of the molecule is CCC(C)N(CCOC)C(CN)c1cc(Br)cs1. The Hall–Kier alpha value is 0.0600. The van der Waals surface area contributed by atoms with Gasteiger partial charge in [-0.05, 0) is 35.3 Å². The third-order valence-corrected chi connectivity index (χ3v) is 5.05. The van der Waals surface area contributed by atoms with Gasteiger partial charge < -0.3 is 10.5 Å². The zero-order chi connectivity index (χ0) is 13.5. The second kappa shape index (κ2) is 8.27. The summed E-state index contributed by atoms with van der Waals surface area (Å²) in [6.45, 7) is 6.76. The quantitative estimate of drug-likeness (QED) is 0.792. The van der Waals surface area contributed by atoms with Gasteiger partial charge in [0.25, 0.3) is 0 Å². The number of halogens is 1. The number of nitrogens with two attached hydrogens (primary N) is 1. The summed E-state index contributed by atoms with van der Waals surface area (Å²) < 4.78 is 6.35. The highest BCUT2D eigenvalue weighted by atomic mass is 79.9. The van der Waals surface area contributed by atoms with Crippen LogP contribution in [-0.2, 0) is 4.74 Å². The molecule has 0 amide bonds. The van der Waals surface area contributed by atoms with Gasteiger partial charge in [-0.2, -0.15) is 0 Å². The van der Waals surface area contributed by atoms with Gasteiger partial charge >= 0.3 is 0 Å². The fourth-order valence-electron chi connectivity index (χ4n) is 2.03. The maximum absolute atomic E-state index is 5.99. The van der Waals surface area contributed by atoms with E-state index in [9.17, 15) is 0 Å². The predicted octanol–water partition coefficient (Wildman–Crippen LogP) is 3.26. The van der Waals surface area contributed by atoms with E-state index >= 15 is 0 Å². The van der Waals surface area contributed by atoms with Gasteiger partial charge in [0.15, 0.2) is 0 Å². The lowest BCUT2D eigenvalue weighted by atomic mass is 10.1. The molecule has 18 heavy (non-hydrogen) atoms. The van der Waals surface area contributed by atoms with Crippen molar-refractivity contribution in [3.05, 3.63) is 20.8 Å². The second-order valence-corrected chi connectivity index (χ2v) is 6.27. The van der Waals surface area contributed by atoms with Crippen molar-refractivity contribution in [3.8, 4) is 0 Å². The molecule has 0 spiro atoms. The summed E-state index contributed by atoms with van der Waals surface area (Å²) in [5, 5.41) is 2.11. The highest BCUT2D eigenvalue weighted by Crippen LogP contribution is 2.30. The van der Waals surface area contributed by atoms with E-state index in [-0.39, 0.29) is 6.04 Å². The molecule has 104 valence electrons. The predicted molar refractivity (Wildman–Crippen MR) is 82.1 cm³/mol. The lowest BCUT2D eigenvalue weighted by Crippen LogP contribution is -2.41.